The van der Waals surface area contributed by atoms with Crippen LogP contribution in [0.15, 0.2) is 48.7 Å². The molecule has 1 aliphatic rings. The second-order valence-corrected chi connectivity index (χ2v) is 7.59. The quantitative estimate of drug-likeness (QED) is 0.529. The number of aromatic amines is 1. The molecule has 4 N–H and O–H groups in total. The Balaban J connectivity index is 1.48. The van der Waals surface area contributed by atoms with Crippen molar-refractivity contribution in [2.24, 2.45) is 0 Å². The van der Waals surface area contributed by atoms with Gasteiger partial charge in [-0.1, -0.05) is 24.3 Å². The summed E-state index contributed by atoms with van der Waals surface area (Å²) in [5.74, 6) is 0.137. The van der Waals surface area contributed by atoms with Gasteiger partial charge in [0.15, 0.2) is 0 Å². The molecule has 0 aliphatic carbocycles. The predicted octanol–water partition coefficient (Wildman–Crippen LogP) is 3.48. The van der Waals surface area contributed by atoms with Crippen molar-refractivity contribution < 1.29 is 18.7 Å². The van der Waals surface area contributed by atoms with Gasteiger partial charge in [0.1, 0.15) is 18.2 Å². The van der Waals surface area contributed by atoms with Crippen LogP contribution < -0.4 is 11.1 Å². The second kappa shape index (κ2) is 9.09. The fraction of sp³-hybridized carbons (Fsp3) is 0.261. The number of H-pyrrole nitrogens is 1. The van der Waals surface area contributed by atoms with Gasteiger partial charge in [-0.05, 0) is 42.2 Å². The van der Waals surface area contributed by atoms with Gasteiger partial charge in [0.2, 0.25) is 5.91 Å². The molecule has 2 aromatic carbocycles. The molecule has 3 aromatic rings. The highest BCUT2D eigenvalue weighted by atomic mass is 19.1. The molecule has 1 aromatic heterocycles. The number of likely N-dealkylation sites (tertiary alicyclic amines) is 1. The highest BCUT2D eigenvalue weighted by molar-refractivity contribution is 5.82. The van der Waals surface area contributed by atoms with Gasteiger partial charge in [-0.25, -0.2) is 14.2 Å². The summed E-state index contributed by atoms with van der Waals surface area (Å²) in [4.78, 5) is 33.3. The summed E-state index contributed by atoms with van der Waals surface area (Å²) in [7, 11) is 1.25. The summed E-state index contributed by atoms with van der Waals surface area (Å²) in [6, 6.07) is 11.9. The largest absolute Gasteiger partial charge is 0.453 e. The molecule has 9 heteroatoms. The number of ether oxygens (including phenoxy) is 1. The lowest BCUT2D eigenvalue weighted by atomic mass is 10.0. The zero-order valence-corrected chi connectivity index (χ0v) is 17.6. The van der Waals surface area contributed by atoms with E-state index >= 15 is 0 Å². The van der Waals surface area contributed by atoms with Crippen molar-refractivity contribution in [1.29, 1.82) is 0 Å². The number of rotatable bonds is 5. The Labute approximate surface area is 184 Å². The first kappa shape index (κ1) is 21.4. The van der Waals surface area contributed by atoms with Crippen LogP contribution in [-0.2, 0) is 9.53 Å². The predicted molar refractivity (Wildman–Crippen MR) is 118 cm³/mol. The molecule has 166 valence electrons. The van der Waals surface area contributed by atoms with Crippen LogP contribution in [0.25, 0.3) is 22.4 Å². The molecule has 32 heavy (non-hydrogen) atoms. The zero-order chi connectivity index (χ0) is 22.7. The normalized spacial score (nSPS) is 15.6. The average molecular weight is 437 g/mol. The van der Waals surface area contributed by atoms with E-state index in [1.807, 2.05) is 24.3 Å². The Morgan fingerprint density at radius 1 is 1.25 bits per heavy atom. The van der Waals surface area contributed by atoms with E-state index in [1.54, 1.807) is 23.2 Å². The zero-order valence-electron chi connectivity index (χ0n) is 17.6. The highest BCUT2D eigenvalue weighted by Crippen LogP contribution is 2.32. The Kier molecular flexibility index (Phi) is 6.07. The van der Waals surface area contributed by atoms with Crippen molar-refractivity contribution in [1.82, 2.24) is 20.2 Å². The fourth-order valence-electron chi connectivity index (χ4n) is 3.92. The number of amides is 2. The van der Waals surface area contributed by atoms with E-state index in [-0.39, 0.29) is 24.3 Å². The topological polar surface area (TPSA) is 113 Å². The van der Waals surface area contributed by atoms with Crippen molar-refractivity contribution in [2.45, 2.75) is 18.9 Å². The minimum Gasteiger partial charge on any atom is -0.453 e. The lowest BCUT2D eigenvalue weighted by molar-refractivity contribution is -0.131. The van der Waals surface area contributed by atoms with Crippen molar-refractivity contribution in [3.63, 3.8) is 0 Å². The van der Waals surface area contributed by atoms with E-state index in [0.29, 0.717) is 23.6 Å². The van der Waals surface area contributed by atoms with Crippen LogP contribution in [0.1, 0.15) is 24.7 Å². The molecule has 1 aliphatic heterocycles. The molecule has 0 spiro atoms. The van der Waals surface area contributed by atoms with E-state index in [4.69, 9.17) is 5.73 Å². The summed E-state index contributed by atoms with van der Waals surface area (Å²) in [5.41, 5.74) is 8.93. The molecule has 4 rings (SSSR count). The average Bonchev–Trinajstić information content (AvgIpc) is 3.47. The number of aromatic nitrogens is 2. The Morgan fingerprint density at radius 2 is 2.00 bits per heavy atom. The number of alkyl carbamates (subject to hydrolysis) is 1. The number of nitrogens with two attached hydrogens (primary N) is 1. The molecule has 0 saturated carbocycles. The number of carbonyl (C=O) groups excluding carboxylic acids is 2. The standard InChI is InChI=1S/C23H24FN5O3/c1-32-23(31)27-13-21(30)29-10-2-3-20(29)22-26-12-19(28-22)15-6-4-14(5-7-15)17-9-8-16(25)11-18(17)24/h4-9,11-12,20H,2-3,10,13,25H2,1H3,(H,26,28)(H,27,31). The lowest BCUT2D eigenvalue weighted by Crippen LogP contribution is -2.40. The molecule has 0 bridgehead atoms. The monoisotopic (exact) mass is 437 g/mol. The SMILES string of the molecule is COC(=O)NCC(=O)N1CCCC1c1ncc(-c2ccc(-c3ccc(N)cc3F)cc2)[nH]1. The van der Waals surface area contributed by atoms with Gasteiger partial charge in [-0.15, -0.1) is 0 Å². The van der Waals surface area contributed by atoms with Gasteiger partial charge >= 0.3 is 6.09 Å². The van der Waals surface area contributed by atoms with Crippen molar-refractivity contribution in [3.05, 3.63) is 60.3 Å². The van der Waals surface area contributed by atoms with Crippen LogP contribution in [-0.4, -0.2) is 47.1 Å². The van der Waals surface area contributed by atoms with Crippen LogP contribution in [0.4, 0.5) is 14.9 Å². The van der Waals surface area contributed by atoms with Crippen LogP contribution in [0.3, 0.4) is 0 Å². The molecular weight excluding hydrogens is 413 g/mol. The first-order valence-corrected chi connectivity index (χ1v) is 10.3. The van der Waals surface area contributed by atoms with Gasteiger partial charge in [-0.3, -0.25) is 4.79 Å². The first-order valence-electron chi connectivity index (χ1n) is 10.3. The number of methoxy groups -OCH3 is 1. The van der Waals surface area contributed by atoms with Crippen molar-refractivity contribution in [2.75, 3.05) is 25.9 Å². The Bertz CT molecular complexity index is 1130. The van der Waals surface area contributed by atoms with Crippen LogP contribution in [0, 0.1) is 5.82 Å². The summed E-state index contributed by atoms with van der Waals surface area (Å²) in [6.07, 6.45) is 2.72. The summed E-state index contributed by atoms with van der Waals surface area (Å²) in [5, 5.41) is 2.42. The van der Waals surface area contributed by atoms with Gasteiger partial charge in [-0.2, -0.15) is 0 Å². The second-order valence-electron chi connectivity index (χ2n) is 7.59. The maximum atomic E-state index is 14.2. The van der Waals surface area contributed by atoms with Gasteiger partial charge in [0, 0.05) is 17.8 Å². The smallest absolute Gasteiger partial charge is 0.407 e. The summed E-state index contributed by atoms with van der Waals surface area (Å²) >= 11 is 0. The number of benzene rings is 2. The van der Waals surface area contributed by atoms with Crippen molar-refractivity contribution in [3.8, 4) is 22.4 Å². The summed E-state index contributed by atoms with van der Waals surface area (Å²) < 4.78 is 18.7. The Hall–Kier alpha value is -3.88. The minimum absolute atomic E-state index is 0.125. The number of carbonyl (C=O) groups is 2. The third kappa shape index (κ3) is 4.41. The molecule has 1 saturated heterocycles. The maximum Gasteiger partial charge on any atom is 0.407 e. The number of hydrogen-bond acceptors (Lipinski definition) is 5. The van der Waals surface area contributed by atoms with E-state index in [1.165, 1.54) is 13.2 Å². The lowest BCUT2D eigenvalue weighted by Gasteiger charge is -2.23. The van der Waals surface area contributed by atoms with Gasteiger partial charge in [0.25, 0.3) is 0 Å². The molecule has 0 radical (unpaired) electrons. The van der Waals surface area contributed by atoms with Gasteiger partial charge in [0.05, 0.1) is 25.0 Å². The third-order valence-electron chi connectivity index (χ3n) is 5.55. The van der Waals surface area contributed by atoms with Gasteiger partial charge < -0.3 is 25.7 Å². The third-order valence-corrected chi connectivity index (χ3v) is 5.55. The molecular formula is C23H24FN5O3. The highest BCUT2D eigenvalue weighted by Gasteiger charge is 2.32. The van der Waals surface area contributed by atoms with E-state index < -0.39 is 6.09 Å². The van der Waals surface area contributed by atoms with Crippen molar-refractivity contribution >= 4 is 17.7 Å². The number of anilines is 1. The molecule has 2 amide bonds. The number of nitrogens with one attached hydrogen (secondary N) is 2. The van der Waals surface area contributed by atoms with E-state index in [9.17, 15) is 14.0 Å². The number of nitrogens with zero attached hydrogens (tertiary/aromatic N) is 2. The van der Waals surface area contributed by atoms with E-state index in [2.05, 4.69) is 20.0 Å². The van der Waals surface area contributed by atoms with Crippen LogP contribution in [0.5, 0.6) is 0 Å². The molecule has 1 atom stereocenters. The van der Waals surface area contributed by atoms with E-state index in [0.717, 1.165) is 29.7 Å². The first-order chi connectivity index (χ1) is 15.5. The summed E-state index contributed by atoms with van der Waals surface area (Å²) in [6.45, 7) is 0.476. The molecule has 1 fully saturated rings. The number of halogens is 1. The molecule has 2 heterocycles. The van der Waals surface area contributed by atoms with Crippen LogP contribution >= 0.6 is 0 Å². The van der Waals surface area contributed by atoms with Crippen LogP contribution in [0.2, 0.25) is 0 Å². The minimum atomic E-state index is -0.642. The number of imidazole rings is 1. The molecule has 8 nitrogen and oxygen atoms in total. The number of hydrogen-bond donors (Lipinski definition) is 3. The fourth-order valence-corrected chi connectivity index (χ4v) is 3.92. The number of nitrogen functional groups attached to an aromatic ring is 1. The Morgan fingerprint density at radius 3 is 2.72 bits per heavy atom. The molecule has 1 unspecified atom stereocenters. The maximum absolute atomic E-state index is 14.2.